The van der Waals surface area contributed by atoms with Gasteiger partial charge in [-0.15, -0.1) is 5.10 Å². The molecule has 0 unspecified atom stereocenters. The lowest BCUT2D eigenvalue weighted by atomic mass is 10.1. The van der Waals surface area contributed by atoms with Crippen molar-refractivity contribution in [1.29, 1.82) is 0 Å². The molecule has 3 aromatic carbocycles. The summed E-state index contributed by atoms with van der Waals surface area (Å²) in [5.74, 6) is -3.59. The van der Waals surface area contributed by atoms with E-state index in [0.717, 1.165) is 12.1 Å². The molecule has 0 aliphatic rings. The van der Waals surface area contributed by atoms with Gasteiger partial charge in [0.15, 0.2) is 17.3 Å². The van der Waals surface area contributed by atoms with Crippen molar-refractivity contribution in [3.63, 3.8) is 0 Å². The van der Waals surface area contributed by atoms with Gasteiger partial charge in [-0.3, -0.25) is 0 Å². The van der Waals surface area contributed by atoms with E-state index in [9.17, 15) is 18.7 Å². The van der Waals surface area contributed by atoms with Gasteiger partial charge in [-0.05, 0) is 54.1 Å². The molecule has 0 fully saturated rings. The van der Waals surface area contributed by atoms with Crippen LogP contribution in [0.15, 0.2) is 66.7 Å². The SMILES string of the molecule is O=C(O)c1cc2c(-c3ccc(Cl)cc3)n(-c3ccc(Cl)cc3Cl)nc2nc1OCc1ccc(F)c(F)c1. The molecule has 11 heteroatoms. The lowest BCUT2D eigenvalue weighted by molar-refractivity contribution is 0.0691. The Morgan fingerprint density at radius 1 is 0.919 bits per heavy atom. The minimum Gasteiger partial charge on any atom is -0.477 e. The number of carbonyl (C=O) groups is 1. The zero-order chi connectivity index (χ0) is 26.3. The van der Waals surface area contributed by atoms with Crippen molar-refractivity contribution in [2.24, 2.45) is 0 Å². The third kappa shape index (κ3) is 4.96. The first-order chi connectivity index (χ1) is 17.7. The normalized spacial score (nSPS) is 11.2. The molecule has 5 rings (SSSR count). The van der Waals surface area contributed by atoms with Crippen LogP contribution < -0.4 is 4.74 Å². The van der Waals surface area contributed by atoms with E-state index < -0.39 is 17.6 Å². The van der Waals surface area contributed by atoms with E-state index in [2.05, 4.69) is 10.1 Å². The highest BCUT2D eigenvalue weighted by atomic mass is 35.5. The Kier molecular flexibility index (Phi) is 6.72. The van der Waals surface area contributed by atoms with E-state index in [1.165, 1.54) is 16.8 Å². The van der Waals surface area contributed by atoms with Crippen molar-refractivity contribution in [1.82, 2.24) is 14.8 Å². The molecule has 0 bridgehead atoms. The highest BCUT2D eigenvalue weighted by molar-refractivity contribution is 6.35. The molecular formula is C26H14Cl3F2N3O3. The van der Waals surface area contributed by atoms with Gasteiger partial charge in [0.05, 0.1) is 16.4 Å². The molecule has 0 aliphatic carbocycles. The van der Waals surface area contributed by atoms with Crippen molar-refractivity contribution in [3.8, 4) is 22.8 Å². The van der Waals surface area contributed by atoms with Gasteiger partial charge in [0.1, 0.15) is 12.2 Å². The Morgan fingerprint density at radius 3 is 2.32 bits per heavy atom. The van der Waals surface area contributed by atoms with Crippen molar-refractivity contribution in [2.75, 3.05) is 0 Å². The number of halogens is 5. The zero-order valence-corrected chi connectivity index (χ0v) is 20.8. The minimum absolute atomic E-state index is 0.168. The molecule has 186 valence electrons. The van der Waals surface area contributed by atoms with E-state index >= 15 is 0 Å². The van der Waals surface area contributed by atoms with Crippen LogP contribution in [0.4, 0.5) is 8.78 Å². The number of ether oxygens (including phenoxy) is 1. The van der Waals surface area contributed by atoms with Gasteiger partial charge < -0.3 is 9.84 Å². The lowest BCUT2D eigenvalue weighted by Crippen LogP contribution is -2.06. The van der Waals surface area contributed by atoms with Crippen LogP contribution in [-0.2, 0) is 6.61 Å². The summed E-state index contributed by atoms with van der Waals surface area (Å²) in [5, 5.41) is 16.1. The van der Waals surface area contributed by atoms with Gasteiger partial charge in [-0.25, -0.2) is 18.3 Å². The van der Waals surface area contributed by atoms with Gasteiger partial charge in [0.2, 0.25) is 5.88 Å². The van der Waals surface area contributed by atoms with E-state index in [4.69, 9.17) is 39.5 Å². The summed E-state index contributed by atoms with van der Waals surface area (Å²) in [4.78, 5) is 16.5. The molecule has 2 heterocycles. The fourth-order valence-corrected chi connectivity index (χ4v) is 4.37. The quantitative estimate of drug-likeness (QED) is 0.231. The molecule has 0 saturated heterocycles. The molecule has 0 aliphatic heterocycles. The first-order valence-electron chi connectivity index (χ1n) is 10.7. The second kappa shape index (κ2) is 9.97. The van der Waals surface area contributed by atoms with Crippen molar-refractivity contribution < 1.29 is 23.4 Å². The fraction of sp³-hybridized carbons (Fsp3) is 0.0385. The molecule has 5 aromatic rings. The lowest BCUT2D eigenvalue weighted by Gasteiger charge is -2.11. The summed E-state index contributed by atoms with van der Waals surface area (Å²) in [6.45, 7) is -0.246. The minimum atomic E-state index is -1.30. The Balaban J connectivity index is 1.68. The maximum absolute atomic E-state index is 13.6. The molecule has 1 N–H and O–H groups in total. The number of rotatable bonds is 6. The average Bonchev–Trinajstić information content (AvgIpc) is 3.22. The van der Waals surface area contributed by atoms with Gasteiger partial charge >= 0.3 is 5.97 Å². The van der Waals surface area contributed by atoms with E-state index in [1.807, 2.05) is 0 Å². The first-order valence-corrected chi connectivity index (χ1v) is 11.8. The Bertz CT molecular complexity index is 1670. The Labute approximate surface area is 223 Å². The number of hydrogen-bond donors (Lipinski definition) is 1. The third-order valence-corrected chi connectivity index (χ3v) is 6.26. The third-order valence-electron chi connectivity index (χ3n) is 5.47. The fourth-order valence-electron chi connectivity index (χ4n) is 3.75. The smallest absolute Gasteiger partial charge is 0.341 e. The number of fused-ring (bicyclic) bond motifs is 1. The van der Waals surface area contributed by atoms with Crippen molar-refractivity contribution in [3.05, 3.63) is 105 Å². The van der Waals surface area contributed by atoms with Crippen LogP contribution in [0.1, 0.15) is 15.9 Å². The Morgan fingerprint density at radius 2 is 1.65 bits per heavy atom. The van der Waals surface area contributed by atoms with E-state index in [-0.39, 0.29) is 29.3 Å². The van der Waals surface area contributed by atoms with Crippen LogP contribution in [0.25, 0.3) is 28.0 Å². The molecule has 37 heavy (non-hydrogen) atoms. The highest BCUT2D eigenvalue weighted by Gasteiger charge is 2.23. The molecule has 0 amide bonds. The van der Waals surface area contributed by atoms with Gasteiger partial charge in [-0.2, -0.15) is 4.98 Å². The largest absolute Gasteiger partial charge is 0.477 e. The maximum atomic E-state index is 13.6. The van der Waals surface area contributed by atoms with Gasteiger partial charge in [0.25, 0.3) is 0 Å². The molecule has 2 aromatic heterocycles. The molecule has 0 atom stereocenters. The van der Waals surface area contributed by atoms with E-state index in [1.54, 1.807) is 42.5 Å². The molecular weight excluding hydrogens is 547 g/mol. The number of pyridine rings is 1. The molecule has 0 saturated carbocycles. The summed E-state index contributed by atoms with van der Waals surface area (Å²) < 4.78 is 34.0. The van der Waals surface area contributed by atoms with Crippen LogP contribution in [0, 0.1) is 11.6 Å². The maximum Gasteiger partial charge on any atom is 0.341 e. The molecule has 6 nitrogen and oxygen atoms in total. The summed E-state index contributed by atoms with van der Waals surface area (Å²) >= 11 is 18.6. The number of aromatic carboxylic acids is 1. The molecule has 0 radical (unpaired) electrons. The molecule has 0 spiro atoms. The van der Waals surface area contributed by atoms with Crippen LogP contribution >= 0.6 is 34.8 Å². The summed E-state index contributed by atoms with van der Waals surface area (Å²) in [6, 6.07) is 16.4. The predicted octanol–water partition coefficient (Wildman–Crippen LogP) is 7.60. The zero-order valence-electron chi connectivity index (χ0n) is 18.6. The first kappa shape index (κ1) is 25.0. The number of benzene rings is 3. The summed E-state index contributed by atoms with van der Waals surface area (Å²) in [7, 11) is 0. The van der Waals surface area contributed by atoms with Gasteiger partial charge in [-0.1, -0.05) is 53.0 Å². The number of nitrogens with zero attached hydrogens (tertiary/aromatic N) is 3. The number of carboxylic acids is 1. The highest BCUT2D eigenvalue weighted by Crippen LogP contribution is 2.36. The summed E-state index contributed by atoms with van der Waals surface area (Å²) in [5.41, 5.74) is 1.88. The van der Waals surface area contributed by atoms with Gasteiger partial charge in [0, 0.05) is 21.0 Å². The number of aromatic nitrogens is 3. The monoisotopic (exact) mass is 559 g/mol. The van der Waals surface area contributed by atoms with Crippen LogP contribution in [0.3, 0.4) is 0 Å². The van der Waals surface area contributed by atoms with Crippen LogP contribution in [0.5, 0.6) is 5.88 Å². The standard InChI is InChI=1S/C26H14Cl3F2N3O3/c27-15-4-2-14(3-5-15)23-17-11-18(26(35)36)25(37-12-13-1-7-20(30)21(31)9-13)32-24(17)33-34(23)22-8-6-16(28)10-19(22)29/h1-11H,12H2,(H,35,36). The van der Waals surface area contributed by atoms with Crippen molar-refractivity contribution >= 4 is 51.8 Å². The van der Waals surface area contributed by atoms with Crippen LogP contribution in [-0.4, -0.2) is 25.8 Å². The van der Waals surface area contributed by atoms with Crippen LogP contribution in [0.2, 0.25) is 15.1 Å². The van der Waals surface area contributed by atoms with E-state index in [0.29, 0.717) is 37.4 Å². The predicted molar refractivity (Wildman–Crippen MR) is 137 cm³/mol. The second-order valence-electron chi connectivity index (χ2n) is 7.92. The van der Waals surface area contributed by atoms with Crippen molar-refractivity contribution in [2.45, 2.75) is 6.61 Å². The number of hydrogen-bond acceptors (Lipinski definition) is 4. The average molecular weight is 561 g/mol. The Hall–Kier alpha value is -3.72. The number of carboxylic acid groups (broad SMARTS) is 1. The second-order valence-corrected chi connectivity index (χ2v) is 9.20. The topological polar surface area (TPSA) is 77.2 Å². The summed E-state index contributed by atoms with van der Waals surface area (Å²) in [6.07, 6.45) is 0.